The molecule has 0 spiro atoms. The van der Waals surface area contributed by atoms with Gasteiger partial charge in [0.25, 0.3) is 5.56 Å². The summed E-state index contributed by atoms with van der Waals surface area (Å²) >= 11 is 0. The number of nitrogens with one attached hydrogen (secondary N) is 1. The molecule has 3 N–H and O–H groups in total. The van der Waals surface area contributed by atoms with E-state index in [-0.39, 0.29) is 5.56 Å². The highest BCUT2D eigenvalue weighted by atomic mass is 16.1. The number of nitrogens with two attached hydrogens (primary N) is 1. The van der Waals surface area contributed by atoms with Gasteiger partial charge in [-0.05, 0) is 13.0 Å². The van der Waals surface area contributed by atoms with Crippen molar-refractivity contribution in [2.45, 2.75) is 6.92 Å². The zero-order chi connectivity index (χ0) is 14.1. The fourth-order valence-electron chi connectivity index (χ4n) is 2.03. The van der Waals surface area contributed by atoms with E-state index in [1.54, 1.807) is 24.0 Å². The van der Waals surface area contributed by atoms with Crippen LogP contribution in [-0.2, 0) is 0 Å². The van der Waals surface area contributed by atoms with Gasteiger partial charge < -0.3 is 10.7 Å². The third-order valence-electron chi connectivity index (χ3n) is 2.94. The molecule has 0 atom stereocenters. The van der Waals surface area contributed by atoms with Gasteiger partial charge in [0.05, 0.1) is 6.20 Å². The van der Waals surface area contributed by atoms with E-state index in [0.717, 1.165) is 11.1 Å². The number of aromatic nitrogens is 4. The predicted octanol–water partition coefficient (Wildman–Crippen LogP) is 1.51. The van der Waals surface area contributed by atoms with Crippen LogP contribution in [0.4, 0.5) is 5.69 Å². The lowest BCUT2D eigenvalue weighted by atomic mass is 10.1. The summed E-state index contributed by atoms with van der Waals surface area (Å²) in [6.07, 6.45) is 3.50. The first-order valence-corrected chi connectivity index (χ1v) is 6.11. The van der Waals surface area contributed by atoms with Crippen molar-refractivity contribution in [3.63, 3.8) is 0 Å². The Balaban J connectivity index is 2.06. The number of nitrogen functional groups attached to an aromatic ring is 1. The largest absolute Gasteiger partial charge is 0.398 e. The molecule has 20 heavy (non-hydrogen) atoms. The Hall–Kier alpha value is -2.89. The Morgan fingerprint density at radius 1 is 1.30 bits per heavy atom. The zero-order valence-electron chi connectivity index (χ0n) is 10.9. The van der Waals surface area contributed by atoms with Gasteiger partial charge in [0, 0.05) is 29.1 Å². The SMILES string of the molecule is Cc1nc(-n2cc(-c3ccccc3N)cn2)cc(=O)[nH]1. The molecule has 0 amide bonds. The number of hydrogen-bond acceptors (Lipinski definition) is 4. The van der Waals surface area contributed by atoms with Gasteiger partial charge in [-0.15, -0.1) is 0 Å². The van der Waals surface area contributed by atoms with Crippen molar-refractivity contribution >= 4 is 5.69 Å². The normalized spacial score (nSPS) is 10.7. The molecule has 0 radical (unpaired) electrons. The first-order chi connectivity index (χ1) is 9.63. The number of anilines is 1. The molecule has 0 unspecified atom stereocenters. The summed E-state index contributed by atoms with van der Waals surface area (Å²) in [4.78, 5) is 18.3. The van der Waals surface area contributed by atoms with Crippen molar-refractivity contribution in [3.8, 4) is 16.9 Å². The third-order valence-corrected chi connectivity index (χ3v) is 2.94. The molecule has 2 heterocycles. The smallest absolute Gasteiger partial charge is 0.253 e. The van der Waals surface area contributed by atoms with E-state index in [1.807, 2.05) is 24.3 Å². The van der Waals surface area contributed by atoms with Gasteiger partial charge in [-0.25, -0.2) is 9.67 Å². The fourth-order valence-corrected chi connectivity index (χ4v) is 2.03. The van der Waals surface area contributed by atoms with Crippen LogP contribution < -0.4 is 11.3 Å². The Morgan fingerprint density at radius 2 is 2.10 bits per heavy atom. The third kappa shape index (κ3) is 2.18. The van der Waals surface area contributed by atoms with Crippen molar-refractivity contribution in [1.29, 1.82) is 0 Å². The number of benzene rings is 1. The second-order valence-corrected chi connectivity index (χ2v) is 4.45. The van der Waals surface area contributed by atoms with Gasteiger partial charge in [0.2, 0.25) is 0 Å². The topological polar surface area (TPSA) is 89.6 Å². The van der Waals surface area contributed by atoms with E-state index < -0.39 is 0 Å². The molecule has 3 aromatic rings. The minimum Gasteiger partial charge on any atom is -0.398 e. The van der Waals surface area contributed by atoms with E-state index in [0.29, 0.717) is 17.3 Å². The minimum atomic E-state index is -0.205. The molecule has 0 aliphatic heterocycles. The molecule has 0 fully saturated rings. The molecule has 1 aromatic carbocycles. The van der Waals surface area contributed by atoms with Crippen LogP contribution in [0.1, 0.15) is 5.82 Å². The number of H-pyrrole nitrogens is 1. The Kier molecular flexibility index (Phi) is 2.83. The number of hydrogen-bond donors (Lipinski definition) is 2. The maximum absolute atomic E-state index is 11.5. The molecule has 0 aliphatic rings. The number of rotatable bonds is 2. The van der Waals surface area contributed by atoms with Crippen LogP contribution in [0.3, 0.4) is 0 Å². The second kappa shape index (κ2) is 4.65. The van der Waals surface area contributed by atoms with Gasteiger partial charge in [-0.3, -0.25) is 4.79 Å². The maximum Gasteiger partial charge on any atom is 0.253 e. The van der Waals surface area contributed by atoms with E-state index in [2.05, 4.69) is 15.1 Å². The lowest BCUT2D eigenvalue weighted by Gasteiger charge is -2.02. The lowest BCUT2D eigenvalue weighted by molar-refractivity contribution is 0.822. The second-order valence-electron chi connectivity index (χ2n) is 4.45. The van der Waals surface area contributed by atoms with Crippen LogP contribution in [0.25, 0.3) is 16.9 Å². The molecule has 6 nitrogen and oxygen atoms in total. The van der Waals surface area contributed by atoms with Crippen LogP contribution in [0, 0.1) is 6.92 Å². The number of nitrogens with zero attached hydrogens (tertiary/aromatic N) is 3. The van der Waals surface area contributed by atoms with E-state index in [4.69, 9.17) is 5.73 Å². The zero-order valence-corrected chi connectivity index (χ0v) is 10.9. The quantitative estimate of drug-likeness (QED) is 0.689. The van der Waals surface area contributed by atoms with Crippen LogP contribution in [-0.4, -0.2) is 19.7 Å². The molecule has 100 valence electrons. The van der Waals surface area contributed by atoms with Gasteiger partial charge >= 0.3 is 0 Å². The Labute approximate surface area is 114 Å². The van der Waals surface area contributed by atoms with Gasteiger partial charge in [-0.1, -0.05) is 18.2 Å². The number of para-hydroxylation sites is 1. The minimum absolute atomic E-state index is 0.205. The number of aromatic amines is 1. The van der Waals surface area contributed by atoms with Crippen molar-refractivity contribution in [1.82, 2.24) is 19.7 Å². The van der Waals surface area contributed by atoms with Crippen molar-refractivity contribution in [2.24, 2.45) is 0 Å². The summed E-state index contributed by atoms with van der Waals surface area (Å²) < 4.78 is 1.56. The molecule has 3 rings (SSSR count). The van der Waals surface area contributed by atoms with E-state index >= 15 is 0 Å². The summed E-state index contributed by atoms with van der Waals surface area (Å²) in [5, 5.41) is 4.23. The monoisotopic (exact) mass is 267 g/mol. The average Bonchev–Trinajstić information content (AvgIpc) is 2.87. The predicted molar refractivity (Wildman–Crippen MR) is 76.6 cm³/mol. The first-order valence-electron chi connectivity index (χ1n) is 6.11. The summed E-state index contributed by atoms with van der Waals surface area (Å²) in [7, 11) is 0. The maximum atomic E-state index is 11.5. The Bertz CT molecular complexity index is 818. The van der Waals surface area contributed by atoms with Crippen molar-refractivity contribution in [3.05, 3.63) is 58.9 Å². The molecule has 2 aromatic heterocycles. The van der Waals surface area contributed by atoms with Gasteiger partial charge in [0.15, 0.2) is 5.82 Å². The summed E-state index contributed by atoms with van der Waals surface area (Å²) in [6.45, 7) is 1.73. The average molecular weight is 267 g/mol. The molecule has 0 aliphatic carbocycles. The Morgan fingerprint density at radius 3 is 2.85 bits per heavy atom. The summed E-state index contributed by atoms with van der Waals surface area (Å²) in [5.74, 6) is 1.02. The van der Waals surface area contributed by atoms with Gasteiger partial charge in [0.1, 0.15) is 5.82 Å². The molecular formula is C14H13N5O. The number of aryl methyl sites for hydroxylation is 1. The highest BCUT2D eigenvalue weighted by molar-refractivity contribution is 5.75. The van der Waals surface area contributed by atoms with Crippen molar-refractivity contribution in [2.75, 3.05) is 5.73 Å². The standard InChI is InChI=1S/C14H13N5O/c1-9-17-13(6-14(20)18-9)19-8-10(7-16-19)11-4-2-3-5-12(11)15/h2-8H,15H2,1H3,(H,17,18,20). The molecule has 0 bridgehead atoms. The summed E-state index contributed by atoms with van der Waals surface area (Å²) in [5.41, 5.74) is 8.20. The van der Waals surface area contributed by atoms with Crippen molar-refractivity contribution < 1.29 is 0 Å². The van der Waals surface area contributed by atoms with Crippen LogP contribution >= 0.6 is 0 Å². The van der Waals surface area contributed by atoms with Crippen LogP contribution in [0.15, 0.2) is 47.5 Å². The van der Waals surface area contributed by atoms with Crippen LogP contribution in [0.2, 0.25) is 0 Å². The molecule has 0 saturated heterocycles. The highest BCUT2D eigenvalue weighted by Crippen LogP contribution is 2.25. The van der Waals surface area contributed by atoms with E-state index in [1.165, 1.54) is 6.07 Å². The molecular weight excluding hydrogens is 254 g/mol. The molecule has 0 saturated carbocycles. The first kappa shape index (κ1) is 12.2. The fraction of sp³-hybridized carbons (Fsp3) is 0.0714. The highest BCUT2D eigenvalue weighted by Gasteiger charge is 2.07. The summed E-state index contributed by atoms with van der Waals surface area (Å²) in [6, 6.07) is 8.96. The van der Waals surface area contributed by atoms with Crippen LogP contribution in [0.5, 0.6) is 0 Å². The van der Waals surface area contributed by atoms with E-state index in [9.17, 15) is 4.79 Å². The molecule has 6 heteroatoms. The lowest BCUT2D eigenvalue weighted by Crippen LogP contribution is -2.12. The van der Waals surface area contributed by atoms with Gasteiger partial charge in [-0.2, -0.15) is 5.10 Å².